The van der Waals surface area contributed by atoms with E-state index in [4.69, 9.17) is 0 Å². The zero-order valence-corrected chi connectivity index (χ0v) is 7.45. The summed E-state index contributed by atoms with van der Waals surface area (Å²) in [7, 11) is 0. The molecule has 2 heteroatoms. The molecule has 0 amide bonds. The molecule has 1 N–H and O–H groups in total. The van der Waals surface area contributed by atoms with Gasteiger partial charge in [0, 0.05) is 22.4 Å². The maximum Gasteiger partial charge on any atom is 0.0465 e. The molecule has 0 saturated heterocycles. The minimum atomic E-state index is 1.24. The van der Waals surface area contributed by atoms with Crippen molar-refractivity contribution in [1.82, 2.24) is 4.98 Å². The van der Waals surface area contributed by atoms with Crippen LogP contribution in [0, 0.1) is 0 Å². The average Bonchev–Trinajstić information content (AvgIpc) is 2.64. The van der Waals surface area contributed by atoms with E-state index >= 15 is 0 Å². The Morgan fingerprint density at radius 3 is 3.33 bits per heavy atom. The molecule has 1 aliphatic heterocycles. The molecule has 0 spiro atoms. The lowest BCUT2D eigenvalue weighted by molar-refractivity contribution is 1.15. The average molecular weight is 175 g/mol. The maximum atomic E-state index is 3.24. The quantitative estimate of drug-likeness (QED) is 0.651. The van der Waals surface area contributed by atoms with E-state index in [1.807, 2.05) is 18.0 Å². The number of H-pyrrole nitrogens is 1. The first kappa shape index (κ1) is 6.61. The van der Waals surface area contributed by atoms with Gasteiger partial charge in [-0.3, -0.25) is 0 Å². The summed E-state index contributed by atoms with van der Waals surface area (Å²) >= 11 is 1.97. The second-order valence-electron chi connectivity index (χ2n) is 3.12. The highest BCUT2D eigenvalue weighted by atomic mass is 32.2. The molecule has 60 valence electrons. The maximum absolute atomic E-state index is 3.24. The second kappa shape index (κ2) is 2.30. The minimum Gasteiger partial charge on any atom is -0.361 e. The Morgan fingerprint density at radius 1 is 1.33 bits per heavy atom. The van der Waals surface area contributed by atoms with Crippen LogP contribution in [0.1, 0.15) is 5.56 Å². The third-order valence-corrected chi connectivity index (χ3v) is 3.46. The summed E-state index contributed by atoms with van der Waals surface area (Å²) in [6.07, 6.45) is 3.24. The van der Waals surface area contributed by atoms with E-state index in [1.165, 1.54) is 33.5 Å². The molecule has 0 unspecified atom stereocenters. The Bertz CT molecular complexity index is 392. The molecular weight excluding hydrogens is 166 g/mol. The summed E-state index contributed by atoms with van der Waals surface area (Å²) in [5, 5.41) is 1.34. The lowest BCUT2D eigenvalue weighted by Gasteiger charge is -1.97. The Hall–Kier alpha value is -0.890. The predicted molar refractivity (Wildman–Crippen MR) is 52.7 cm³/mol. The Labute approximate surface area is 75.2 Å². The number of thioether (sulfide) groups is 1. The van der Waals surface area contributed by atoms with E-state index in [1.54, 1.807) is 0 Å². The number of aromatic amines is 1. The Kier molecular flexibility index (Phi) is 1.27. The van der Waals surface area contributed by atoms with Crippen LogP contribution in [0.2, 0.25) is 0 Å². The number of aromatic nitrogens is 1. The zero-order valence-electron chi connectivity index (χ0n) is 6.63. The third-order valence-electron chi connectivity index (χ3n) is 2.36. The molecule has 1 aliphatic rings. The highest BCUT2D eigenvalue weighted by molar-refractivity contribution is 7.99. The predicted octanol–water partition coefficient (Wildman–Crippen LogP) is 2.82. The number of hydrogen-bond acceptors (Lipinski definition) is 1. The molecule has 0 saturated carbocycles. The summed E-state index contributed by atoms with van der Waals surface area (Å²) in [6.45, 7) is 0. The number of nitrogens with one attached hydrogen (secondary N) is 1. The largest absolute Gasteiger partial charge is 0.361 e. The molecule has 12 heavy (non-hydrogen) atoms. The van der Waals surface area contributed by atoms with Gasteiger partial charge in [-0.05, 0) is 35.6 Å². The molecule has 3 rings (SSSR count). The smallest absolute Gasteiger partial charge is 0.0465 e. The molecule has 1 nitrogen and oxygen atoms in total. The fourth-order valence-corrected chi connectivity index (χ4v) is 2.82. The number of aryl methyl sites for hydroxylation is 1. The monoisotopic (exact) mass is 175 g/mol. The van der Waals surface area contributed by atoms with Crippen molar-refractivity contribution in [2.24, 2.45) is 0 Å². The van der Waals surface area contributed by atoms with E-state index in [2.05, 4.69) is 23.2 Å². The first-order chi connectivity index (χ1) is 5.93. The highest BCUT2D eigenvalue weighted by Gasteiger charge is 2.11. The summed E-state index contributed by atoms with van der Waals surface area (Å²) in [6, 6.07) is 6.71. The van der Waals surface area contributed by atoms with Crippen molar-refractivity contribution < 1.29 is 0 Å². The number of hydrogen-bond donors (Lipinski definition) is 1. The molecule has 1 aromatic carbocycles. The number of rotatable bonds is 0. The van der Waals surface area contributed by atoms with Crippen LogP contribution in [0.3, 0.4) is 0 Å². The van der Waals surface area contributed by atoms with E-state index < -0.39 is 0 Å². The van der Waals surface area contributed by atoms with Gasteiger partial charge in [-0.2, -0.15) is 0 Å². The van der Waals surface area contributed by atoms with Gasteiger partial charge in [0.1, 0.15) is 0 Å². The molecule has 0 aliphatic carbocycles. The van der Waals surface area contributed by atoms with Gasteiger partial charge >= 0.3 is 0 Å². The van der Waals surface area contributed by atoms with Crippen molar-refractivity contribution in [3.63, 3.8) is 0 Å². The molecule has 2 aromatic rings. The lowest BCUT2D eigenvalue weighted by Crippen LogP contribution is -1.79. The zero-order chi connectivity index (χ0) is 7.97. The normalized spacial score (nSPS) is 15.3. The van der Waals surface area contributed by atoms with Crippen LogP contribution in [-0.2, 0) is 6.42 Å². The molecule has 0 bridgehead atoms. The van der Waals surface area contributed by atoms with E-state index in [0.717, 1.165) is 0 Å². The van der Waals surface area contributed by atoms with Crippen LogP contribution in [0.15, 0.2) is 29.3 Å². The standard InChI is InChI=1S/C10H9NS/c1-3-11-9-6-10-8(2-4-12-10)5-7(1)9/h1,3,5-6,11H,2,4H2. The van der Waals surface area contributed by atoms with Gasteiger partial charge in [-0.1, -0.05) is 0 Å². The first-order valence-corrected chi connectivity index (χ1v) is 5.15. The Morgan fingerprint density at radius 2 is 2.33 bits per heavy atom. The highest BCUT2D eigenvalue weighted by Crippen LogP contribution is 2.33. The molecule has 0 radical (unpaired) electrons. The Balaban J connectivity index is 2.38. The van der Waals surface area contributed by atoms with Crippen LogP contribution in [0.4, 0.5) is 0 Å². The summed E-state index contributed by atoms with van der Waals surface area (Å²) < 4.78 is 0. The molecule has 0 atom stereocenters. The first-order valence-electron chi connectivity index (χ1n) is 4.16. The number of fused-ring (bicyclic) bond motifs is 2. The van der Waals surface area contributed by atoms with Gasteiger partial charge < -0.3 is 4.98 Å². The van der Waals surface area contributed by atoms with Gasteiger partial charge in [-0.25, -0.2) is 0 Å². The van der Waals surface area contributed by atoms with Crippen LogP contribution in [-0.4, -0.2) is 10.7 Å². The fraction of sp³-hybridized carbons (Fsp3) is 0.200. The summed E-state index contributed by atoms with van der Waals surface area (Å²) in [5.41, 5.74) is 2.79. The van der Waals surface area contributed by atoms with Crippen molar-refractivity contribution in [1.29, 1.82) is 0 Å². The fourth-order valence-electron chi connectivity index (χ4n) is 1.73. The van der Waals surface area contributed by atoms with Crippen molar-refractivity contribution in [3.8, 4) is 0 Å². The van der Waals surface area contributed by atoms with Gasteiger partial charge in [0.15, 0.2) is 0 Å². The summed E-state index contributed by atoms with van der Waals surface area (Å²) in [5.74, 6) is 1.25. The van der Waals surface area contributed by atoms with Gasteiger partial charge in [0.2, 0.25) is 0 Å². The van der Waals surface area contributed by atoms with E-state index in [-0.39, 0.29) is 0 Å². The van der Waals surface area contributed by atoms with Crippen LogP contribution in [0.5, 0.6) is 0 Å². The van der Waals surface area contributed by atoms with Crippen molar-refractivity contribution >= 4 is 22.7 Å². The minimum absolute atomic E-state index is 1.24. The van der Waals surface area contributed by atoms with Crippen LogP contribution < -0.4 is 0 Å². The van der Waals surface area contributed by atoms with Crippen LogP contribution >= 0.6 is 11.8 Å². The second-order valence-corrected chi connectivity index (χ2v) is 4.26. The molecular formula is C10H9NS. The van der Waals surface area contributed by atoms with Gasteiger partial charge in [0.25, 0.3) is 0 Å². The number of benzene rings is 1. The van der Waals surface area contributed by atoms with Crippen LogP contribution in [0.25, 0.3) is 10.9 Å². The van der Waals surface area contributed by atoms with Gasteiger partial charge in [0.05, 0.1) is 0 Å². The third kappa shape index (κ3) is 0.815. The molecule has 2 heterocycles. The SMILES string of the molecule is c1cc2cc3c(cc2[nH]1)SCC3. The van der Waals surface area contributed by atoms with Crippen molar-refractivity contribution in [3.05, 3.63) is 30.0 Å². The van der Waals surface area contributed by atoms with E-state index in [9.17, 15) is 0 Å². The summed E-state index contributed by atoms with van der Waals surface area (Å²) in [4.78, 5) is 4.70. The van der Waals surface area contributed by atoms with Crippen molar-refractivity contribution in [2.45, 2.75) is 11.3 Å². The molecule has 0 fully saturated rings. The topological polar surface area (TPSA) is 15.8 Å². The van der Waals surface area contributed by atoms with Crippen molar-refractivity contribution in [2.75, 3.05) is 5.75 Å². The lowest BCUT2D eigenvalue weighted by atomic mass is 10.1. The van der Waals surface area contributed by atoms with Gasteiger partial charge in [-0.15, -0.1) is 11.8 Å². The molecule has 1 aromatic heterocycles. The van der Waals surface area contributed by atoms with E-state index in [0.29, 0.717) is 0 Å².